The van der Waals surface area contributed by atoms with Crippen LogP contribution in [0.5, 0.6) is 0 Å². The van der Waals surface area contributed by atoms with Gasteiger partial charge in [0.15, 0.2) is 0 Å². The zero-order valence-corrected chi connectivity index (χ0v) is 14.1. The summed E-state index contributed by atoms with van der Waals surface area (Å²) in [4.78, 5) is 15.5. The summed E-state index contributed by atoms with van der Waals surface area (Å²) in [5.74, 6) is 1.09. The minimum atomic E-state index is 0.117. The van der Waals surface area contributed by atoms with Crippen LogP contribution in [0.15, 0.2) is 23.7 Å². The second-order valence-corrected chi connectivity index (χ2v) is 7.44. The third kappa shape index (κ3) is 2.93. The van der Waals surface area contributed by atoms with Gasteiger partial charge in [0, 0.05) is 31.7 Å². The van der Waals surface area contributed by atoms with Crippen molar-refractivity contribution in [2.45, 2.75) is 31.8 Å². The standard InChI is InChI=1S/C17H21N3O2S/c1-22-11-13-9-19(17(21)16-3-2-6-23-16)10-15-14(13)7-18-20(15)8-12-4-5-12/h2-3,6-7,12-13H,4-5,8-11H2,1H3/t13-/m0/s1. The van der Waals surface area contributed by atoms with E-state index < -0.39 is 0 Å². The maximum absolute atomic E-state index is 12.8. The smallest absolute Gasteiger partial charge is 0.264 e. The summed E-state index contributed by atoms with van der Waals surface area (Å²) in [6.07, 6.45) is 4.58. The molecule has 1 aliphatic heterocycles. The molecule has 0 aromatic carbocycles. The largest absolute Gasteiger partial charge is 0.384 e. The molecule has 23 heavy (non-hydrogen) atoms. The first-order chi connectivity index (χ1) is 11.3. The molecule has 0 bridgehead atoms. The second-order valence-electron chi connectivity index (χ2n) is 6.49. The van der Waals surface area contributed by atoms with Gasteiger partial charge >= 0.3 is 0 Å². The Labute approximate surface area is 139 Å². The van der Waals surface area contributed by atoms with Gasteiger partial charge in [-0.1, -0.05) is 6.07 Å². The van der Waals surface area contributed by atoms with Crippen molar-refractivity contribution in [1.29, 1.82) is 0 Å². The zero-order chi connectivity index (χ0) is 15.8. The number of methoxy groups -OCH3 is 1. The van der Waals surface area contributed by atoms with E-state index in [1.807, 2.05) is 28.6 Å². The summed E-state index contributed by atoms with van der Waals surface area (Å²) in [7, 11) is 1.72. The van der Waals surface area contributed by atoms with Crippen molar-refractivity contribution < 1.29 is 9.53 Å². The summed E-state index contributed by atoms with van der Waals surface area (Å²) in [5.41, 5.74) is 2.44. The van der Waals surface area contributed by atoms with E-state index in [9.17, 15) is 4.79 Å². The molecular formula is C17H21N3O2S. The van der Waals surface area contributed by atoms with Gasteiger partial charge in [0.2, 0.25) is 0 Å². The molecule has 1 atom stereocenters. The fraction of sp³-hybridized carbons (Fsp3) is 0.529. The molecule has 6 heteroatoms. The van der Waals surface area contributed by atoms with E-state index in [0.717, 1.165) is 17.3 Å². The Balaban J connectivity index is 1.62. The minimum absolute atomic E-state index is 0.117. The predicted octanol–water partition coefficient (Wildman–Crippen LogP) is 2.74. The monoisotopic (exact) mass is 331 g/mol. The summed E-state index contributed by atoms with van der Waals surface area (Å²) in [6, 6.07) is 3.83. The number of carbonyl (C=O) groups is 1. The van der Waals surface area contributed by atoms with Crippen molar-refractivity contribution in [2.24, 2.45) is 5.92 Å². The average Bonchev–Trinajstić information content (AvgIpc) is 3.05. The molecule has 1 aliphatic carbocycles. The molecular weight excluding hydrogens is 310 g/mol. The van der Waals surface area contributed by atoms with Crippen molar-refractivity contribution in [1.82, 2.24) is 14.7 Å². The molecule has 122 valence electrons. The first-order valence-corrected chi connectivity index (χ1v) is 9.00. The molecule has 2 aromatic rings. The van der Waals surface area contributed by atoms with Gasteiger partial charge in [-0.15, -0.1) is 11.3 Å². The highest BCUT2D eigenvalue weighted by Crippen LogP contribution is 2.34. The van der Waals surface area contributed by atoms with Crippen LogP contribution in [0.4, 0.5) is 0 Å². The van der Waals surface area contributed by atoms with Crippen LogP contribution >= 0.6 is 11.3 Å². The normalized spacial score (nSPS) is 20.6. The summed E-state index contributed by atoms with van der Waals surface area (Å²) in [6.45, 7) is 2.96. The third-order valence-corrected chi connectivity index (χ3v) is 5.58. The number of rotatable bonds is 5. The average molecular weight is 331 g/mol. The van der Waals surface area contributed by atoms with Crippen LogP contribution in [-0.2, 0) is 17.8 Å². The highest BCUT2D eigenvalue weighted by molar-refractivity contribution is 7.12. The molecule has 4 rings (SSSR count). The number of fused-ring (bicyclic) bond motifs is 1. The minimum Gasteiger partial charge on any atom is -0.384 e. The topological polar surface area (TPSA) is 47.4 Å². The first-order valence-electron chi connectivity index (χ1n) is 8.12. The molecule has 5 nitrogen and oxygen atoms in total. The van der Waals surface area contributed by atoms with Crippen molar-refractivity contribution >= 4 is 17.2 Å². The Morgan fingerprint density at radius 1 is 1.48 bits per heavy atom. The SMILES string of the molecule is COC[C@@H]1CN(C(=O)c2cccs2)Cc2c1cnn2CC1CC1. The Morgan fingerprint density at radius 2 is 2.35 bits per heavy atom. The number of nitrogens with zero attached hydrogens (tertiary/aromatic N) is 3. The van der Waals surface area contributed by atoms with Crippen LogP contribution in [0.2, 0.25) is 0 Å². The van der Waals surface area contributed by atoms with Crippen molar-refractivity contribution in [3.63, 3.8) is 0 Å². The molecule has 0 unspecified atom stereocenters. The van der Waals surface area contributed by atoms with E-state index in [-0.39, 0.29) is 11.8 Å². The van der Waals surface area contributed by atoms with E-state index in [4.69, 9.17) is 4.74 Å². The fourth-order valence-corrected chi connectivity index (χ4v) is 4.00. The fourth-order valence-electron chi connectivity index (χ4n) is 3.31. The number of ether oxygens (including phenoxy) is 1. The van der Waals surface area contributed by atoms with Gasteiger partial charge in [-0.3, -0.25) is 9.48 Å². The van der Waals surface area contributed by atoms with E-state index in [1.165, 1.54) is 35.4 Å². The molecule has 2 aliphatic rings. The number of amides is 1. The van der Waals surface area contributed by atoms with Gasteiger partial charge in [-0.05, 0) is 30.2 Å². The van der Waals surface area contributed by atoms with E-state index in [1.54, 1.807) is 7.11 Å². The van der Waals surface area contributed by atoms with Gasteiger partial charge in [0.05, 0.1) is 29.9 Å². The van der Waals surface area contributed by atoms with Crippen molar-refractivity contribution in [3.8, 4) is 0 Å². The summed E-state index contributed by atoms with van der Waals surface area (Å²) < 4.78 is 7.50. The van der Waals surface area contributed by atoms with Crippen molar-refractivity contribution in [3.05, 3.63) is 39.8 Å². The highest BCUT2D eigenvalue weighted by atomic mass is 32.1. The molecule has 0 spiro atoms. The molecule has 0 radical (unpaired) electrons. The third-order valence-electron chi connectivity index (χ3n) is 4.72. The lowest BCUT2D eigenvalue weighted by atomic mass is 9.95. The summed E-state index contributed by atoms with van der Waals surface area (Å²) >= 11 is 1.50. The van der Waals surface area contributed by atoms with Gasteiger partial charge in [0.25, 0.3) is 5.91 Å². The number of carbonyl (C=O) groups excluding carboxylic acids is 1. The second kappa shape index (κ2) is 6.09. The first kappa shape index (κ1) is 14.9. The van der Waals surface area contributed by atoms with Gasteiger partial charge in [-0.2, -0.15) is 5.10 Å². The summed E-state index contributed by atoms with van der Waals surface area (Å²) in [5, 5.41) is 6.54. The lowest BCUT2D eigenvalue weighted by Gasteiger charge is -2.32. The molecule has 0 saturated heterocycles. The molecule has 1 saturated carbocycles. The van der Waals surface area contributed by atoms with Crippen LogP contribution in [0, 0.1) is 5.92 Å². The Kier molecular flexibility index (Phi) is 3.95. The van der Waals surface area contributed by atoms with E-state index in [2.05, 4.69) is 9.78 Å². The zero-order valence-electron chi connectivity index (χ0n) is 13.3. The number of thiophene rings is 1. The van der Waals surface area contributed by atoms with E-state index in [0.29, 0.717) is 19.7 Å². The number of hydrogen-bond acceptors (Lipinski definition) is 4. The maximum atomic E-state index is 12.8. The molecule has 3 heterocycles. The Bertz CT molecular complexity index is 691. The van der Waals surface area contributed by atoms with Gasteiger partial charge in [0.1, 0.15) is 0 Å². The quantitative estimate of drug-likeness (QED) is 0.846. The maximum Gasteiger partial charge on any atom is 0.264 e. The van der Waals surface area contributed by atoms with Crippen LogP contribution in [-0.4, -0.2) is 40.8 Å². The molecule has 1 fully saturated rings. The van der Waals surface area contributed by atoms with Crippen LogP contribution in [0.3, 0.4) is 0 Å². The van der Waals surface area contributed by atoms with E-state index >= 15 is 0 Å². The van der Waals surface area contributed by atoms with Gasteiger partial charge in [-0.25, -0.2) is 0 Å². The van der Waals surface area contributed by atoms with Crippen LogP contribution in [0.25, 0.3) is 0 Å². The highest BCUT2D eigenvalue weighted by Gasteiger charge is 2.33. The number of aromatic nitrogens is 2. The van der Waals surface area contributed by atoms with Crippen molar-refractivity contribution in [2.75, 3.05) is 20.3 Å². The predicted molar refractivity (Wildman–Crippen MR) is 88.6 cm³/mol. The van der Waals surface area contributed by atoms with Crippen LogP contribution in [0.1, 0.15) is 39.7 Å². The van der Waals surface area contributed by atoms with Gasteiger partial charge < -0.3 is 9.64 Å². The molecule has 2 aromatic heterocycles. The number of hydrogen-bond donors (Lipinski definition) is 0. The molecule has 1 amide bonds. The lowest BCUT2D eigenvalue weighted by Crippen LogP contribution is -2.39. The Hall–Kier alpha value is -1.66. The lowest BCUT2D eigenvalue weighted by molar-refractivity contribution is 0.0679. The van der Waals surface area contributed by atoms with Crippen LogP contribution < -0.4 is 0 Å². The molecule has 0 N–H and O–H groups in total. The Morgan fingerprint density at radius 3 is 3.04 bits per heavy atom.